The van der Waals surface area contributed by atoms with Gasteiger partial charge in [-0.2, -0.15) is 11.8 Å². The van der Waals surface area contributed by atoms with Gasteiger partial charge in [-0.15, -0.1) is 10.2 Å². The van der Waals surface area contributed by atoms with Crippen molar-refractivity contribution in [3.05, 3.63) is 0 Å². The van der Waals surface area contributed by atoms with Crippen LogP contribution in [0.2, 0.25) is 0 Å². The van der Waals surface area contributed by atoms with Gasteiger partial charge in [-0.1, -0.05) is 23.1 Å². The molecule has 0 saturated carbocycles. The number of nitrogens with one attached hydrogen (secondary N) is 1. The largest absolute Gasteiger partial charge is 0.481 e. The van der Waals surface area contributed by atoms with Gasteiger partial charge in [0, 0.05) is 12.2 Å². The standard InChI is InChI=1S/C9H12N4O4S3/c10-5(14)3-18-2-1-6(15)11-8-12-13-9(20-8)19-4-7(16)17/h1-4H2,(H2,10,14)(H,16,17)(H,11,12,15). The van der Waals surface area contributed by atoms with Crippen LogP contribution in [-0.2, 0) is 14.4 Å². The predicted octanol–water partition coefficient (Wildman–Crippen LogP) is 0.262. The SMILES string of the molecule is NC(=O)CSCCC(=O)Nc1nnc(SCC(=O)O)s1. The van der Waals surface area contributed by atoms with Crippen LogP contribution in [0.25, 0.3) is 0 Å². The number of carboxylic acids is 1. The smallest absolute Gasteiger partial charge is 0.313 e. The van der Waals surface area contributed by atoms with Crippen LogP contribution in [-0.4, -0.2) is 50.3 Å². The summed E-state index contributed by atoms with van der Waals surface area (Å²) < 4.78 is 0.478. The van der Waals surface area contributed by atoms with E-state index in [1.807, 2.05) is 0 Å². The Labute approximate surface area is 126 Å². The van der Waals surface area contributed by atoms with Crippen LogP contribution >= 0.6 is 34.9 Å². The van der Waals surface area contributed by atoms with E-state index in [9.17, 15) is 14.4 Å². The lowest BCUT2D eigenvalue weighted by molar-refractivity contribution is -0.134. The molecule has 1 aromatic rings. The van der Waals surface area contributed by atoms with Gasteiger partial charge in [-0.05, 0) is 0 Å². The first-order chi connectivity index (χ1) is 9.47. The molecular formula is C9H12N4O4S3. The van der Waals surface area contributed by atoms with E-state index in [1.54, 1.807) is 0 Å². The number of nitrogens with zero attached hydrogens (tertiary/aromatic N) is 2. The molecule has 0 aliphatic heterocycles. The Bertz CT molecular complexity index is 493. The van der Waals surface area contributed by atoms with E-state index in [0.717, 1.165) is 23.1 Å². The third kappa shape index (κ3) is 7.31. The summed E-state index contributed by atoms with van der Waals surface area (Å²) in [6.45, 7) is 0. The lowest BCUT2D eigenvalue weighted by Gasteiger charge is -2.00. The minimum atomic E-state index is -0.942. The maximum atomic E-state index is 11.5. The van der Waals surface area contributed by atoms with Gasteiger partial charge in [0.15, 0.2) is 4.34 Å². The molecule has 0 radical (unpaired) electrons. The Morgan fingerprint density at radius 1 is 1.30 bits per heavy atom. The zero-order valence-corrected chi connectivity index (χ0v) is 12.6. The maximum Gasteiger partial charge on any atom is 0.313 e. The monoisotopic (exact) mass is 336 g/mol. The molecule has 1 rings (SSSR count). The third-order valence-electron chi connectivity index (χ3n) is 1.69. The Morgan fingerprint density at radius 3 is 2.70 bits per heavy atom. The van der Waals surface area contributed by atoms with Gasteiger partial charge in [0.05, 0.1) is 11.5 Å². The van der Waals surface area contributed by atoms with Crippen molar-refractivity contribution in [1.82, 2.24) is 10.2 Å². The summed E-state index contributed by atoms with van der Waals surface area (Å²) in [6.07, 6.45) is 0.231. The lowest BCUT2D eigenvalue weighted by Crippen LogP contribution is -2.15. The molecule has 0 saturated heterocycles. The fourth-order valence-electron chi connectivity index (χ4n) is 0.961. The number of aliphatic carboxylic acids is 1. The van der Waals surface area contributed by atoms with E-state index in [-0.39, 0.29) is 23.8 Å². The van der Waals surface area contributed by atoms with Crippen LogP contribution < -0.4 is 11.1 Å². The molecule has 11 heteroatoms. The normalized spacial score (nSPS) is 10.2. The molecule has 8 nitrogen and oxygen atoms in total. The van der Waals surface area contributed by atoms with Crippen LogP contribution in [0.15, 0.2) is 4.34 Å². The molecule has 1 aromatic heterocycles. The molecule has 0 atom stereocenters. The molecular weight excluding hydrogens is 324 g/mol. The van der Waals surface area contributed by atoms with Crippen molar-refractivity contribution in [2.45, 2.75) is 10.8 Å². The van der Waals surface area contributed by atoms with Crippen molar-refractivity contribution in [2.75, 3.05) is 22.6 Å². The third-order valence-corrected chi connectivity index (χ3v) is 4.63. The second-order valence-electron chi connectivity index (χ2n) is 3.37. The number of carbonyl (C=O) groups excluding carboxylic acids is 2. The number of hydrogen-bond acceptors (Lipinski definition) is 8. The zero-order valence-electron chi connectivity index (χ0n) is 10.2. The molecule has 0 fully saturated rings. The van der Waals surface area contributed by atoms with Gasteiger partial charge in [-0.3, -0.25) is 14.4 Å². The molecule has 20 heavy (non-hydrogen) atoms. The average molecular weight is 336 g/mol. The van der Waals surface area contributed by atoms with Crippen LogP contribution in [0.5, 0.6) is 0 Å². The first kappa shape index (κ1) is 16.7. The van der Waals surface area contributed by atoms with E-state index < -0.39 is 11.9 Å². The molecule has 0 spiro atoms. The molecule has 2 amide bonds. The molecule has 0 aliphatic carbocycles. The van der Waals surface area contributed by atoms with Crippen molar-refractivity contribution >= 4 is 57.8 Å². The number of nitrogens with two attached hydrogens (primary N) is 1. The van der Waals surface area contributed by atoms with Crippen molar-refractivity contribution in [2.24, 2.45) is 5.73 Å². The summed E-state index contributed by atoms with van der Waals surface area (Å²) >= 11 is 3.43. The summed E-state index contributed by atoms with van der Waals surface area (Å²) in [4.78, 5) is 32.4. The highest BCUT2D eigenvalue weighted by molar-refractivity contribution is 8.01. The highest BCUT2D eigenvalue weighted by atomic mass is 32.2. The Balaban J connectivity index is 2.28. The number of anilines is 1. The minimum absolute atomic E-state index is 0.105. The summed E-state index contributed by atoms with van der Waals surface area (Å²) in [6, 6.07) is 0. The van der Waals surface area contributed by atoms with Crippen LogP contribution in [0.1, 0.15) is 6.42 Å². The second kappa shape index (κ2) is 8.76. The highest BCUT2D eigenvalue weighted by Crippen LogP contribution is 2.25. The summed E-state index contributed by atoms with van der Waals surface area (Å²) in [5.74, 6) is -1.04. The van der Waals surface area contributed by atoms with Gasteiger partial charge < -0.3 is 16.2 Å². The lowest BCUT2D eigenvalue weighted by atomic mass is 10.5. The molecule has 4 N–H and O–H groups in total. The number of rotatable bonds is 9. The topological polar surface area (TPSA) is 135 Å². The number of aromatic nitrogens is 2. The number of hydrogen-bond donors (Lipinski definition) is 3. The highest BCUT2D eigenvalue weighted by Gasteiger charge is 2.10. The van der Waals surface area contributed by atoms with E-state index in [1.165, 1.54) is 11.8 Å². The van der Waals surface area contributed by atoms with Gasteiger partial charge in [0.1, 0.15) is 0 Å². The van der Waals surface area contributed by atoms with Crippen LogP contribution in [0.4, 0.5) is 5.13 Å². The zero-order chi connectivity index (χ0) is 15.0. The molecule has 110 valence electrons. The van der Waals surface area contributed by atoms with Crippen LogP contribution in [0, 0.1) is 0 Å². The molecule has 0 aromatic carbocycles. The van der Waals surface area contributed by atoms with Crippen molar-refractivity contribution in [3.8, 4) is 0 Å². The Morgan fingerprint density at radius 2 is 2.05 bits per heavy atom. The molecule has 0 bridgehead atoms. The second-order valence-corrected chi connectivity index (χ2v) is 6.68. The summed E-state index contributed by atoms with van der Waals surface area (Å²) in [7, 11) is 0. The van der Waals surface area contributed by atoms with Gasteiger partial charge in [0.25, 0.3) is 0 Å². The Hall–Kier alpha value is -1.33. The summed E-state index contributed by atoms with van der Waals surface area (Å²) in [5.41, 5.74) is 4.96. The van der Waals surface area contributed by atoms with E-state index in [0.29, 0.717) is 15.2 Å². The molecule has 1 heterocycles. The Kier molecular flexibility index (Phi) is 7.33. The first-order valence-electron chi connectivity index (χ1n) is 5.31. The number of primary amides is 1. The predicted molar refractivity (Wildman–Crippen MR) is 78.0 cm³/mol. The fraction of sp³-hybridized carbons (Fsp3) is 0.444. The number of amides is 2. The fourth-order valence-corrected chi connectivity index (χ4v) is 3.13. The van der Waals surface area contributed by atoms with E-state index in [4.69, 9.17) is 10.8 Å². The van der Waals surface area contributed by atoms with Gasteiger partial charge in [-0.25, -0.2) is 0 Å². The van der Waals surface area contributed by atoms with Crippen molar-refractivity contribution < 1.29 is 19.5 Å². The molecule has 0 aliphatic rings. The van der Waals surface area contributed by atoms with E-state index in [2.05, 4.69) is 15.5 Å². The van der Waals surface area contributed by atoms with Gasteiger partial charge >= 0.3 is 5.97 Å². The maximum absolute atomic E-state index is 11.5. The van der Waals surface area contributed by atoms with Crippen LogP contribution in [0.3, 0.4) is 0 Å². The first-order valence-corrected chi connectivity index (χ1v) is 8.27. The van der Waals surface area contributed by atoms with Gasteiger partial charge in [0.2, 0.25) is 16.9 Å². The summed E-state index contributed by atoms with van der Waals surface area (Å²) in [5, 5.41) is 18.9. The quantitative estimate of drug-likeness (QED) is 0.332. The number of carboxylic acid groups (broad SMARTS) is 1. The average Bonchev–Trinajstić information content (AvgIpc) is 2.79. The minimum Gasteiger partial charge on any atom is -0.481 e. The number of thioether (sulfide) groups is 2. The van der Waals surface area contributed by atoms with Crippen molar-refractivity contribution in [3.63, 3.8) is 0 Å². The van der Waals surface area contributed by atoms with Crippen molar-refractivity contribution in [1.29, 1.82) is 0 Å². The van der Waals surface area contributed by atoms with E-state index >= 15 is 0 Å². The molecule has 0 unspecified atom stereocenters. The number of carbonyl (C=O) groups is 3.